The van der Waals surface area contributed by atoms with Crippen LogP contribution < -0.4 is 0 Å². The zero-order valence-electron chi connectivity index (χ0n) is 22.1. The van der Waals surface area contributed by atoms with Gasteiger partial charge in [0.1, 0.15) is 24.0 Å². The van der Waals surface area contributed by atoms with Gasteiger partial charge < -0.3 is 0 Å². The van der Waals surface area contributed by atoms with Gasteiger partial charge in [-0.2, -0.15) is 0 Å². The average Bonchev–Trinajstić information content (AvgIpc) is 3.09. The second kappa shape index (κ2) is 9.87. The molecule has 4 aromatic carbocycles. The maximum atomic E-state index is 4.73. The number of hydrogen-bond donors (Lipinski definition) is 0. The highest BCUT2D eigenvalue weighted by atomic mass is 15.0. The van der Waals surface area contributed by atoms with Crippen LogP contribution in [0.2, 0.25) is 0 Å². The summed E-state index contributed by atoms with van der Waals surface area (Å²) in [6.07, 6.45) is 6.55. The molecule has 0 amide bonds. The molecule has 0 aliphatic heterocycles. The van der Waals surface area contributed by atoms with E-state index >= 15 is 0 Å². The van der Waals surface area contributed by atoms with Gasteiger partial charge in [0.15, 0.2) is 23.3 Å². The predicted molar refractivity (Wildman–Crippen MR) is 163 cm³/mol. The van der Waals surface area contributed by atoms with E-state index in [-0.39, 0.29) is 0 Å². The maximum Gasteiger partial charge on any atom is 0.181 e. The van der Waals surface area contributed by atoms with Gasteiger partial charge in [0.05, 0.1) is 0 Å². The Morgan fingerprint density at radius 3 is 1.21 bits per heavy atom. The quantitative estimate of drug-likeness (QED) is 0.220. The van der Waals surface area contributed by atoms with E-state index < -0.39 is 0 Å². The number of nitrogens with zero attached hydrogens (tertiary/aromatic N) is 8. The number of rotatable bonds is 4. The molecule has 8 aromatic rings. The van der Waals surface area contributed by atoms with Crippen molar-refractivity contribution in [3.63, 3.8) is 0 Å². The molecule has 196 valence electrons. The molecule has 0 spiro atoms. The molecule has 8 heteroatoms. The lowest BCUT2D eigenvalue weighted by Gasteiger charge is -2.13. The normalized spacial score (nSPS) is 11.3. The van der Waals surface area contributed by atoms with Gasteiger partial charge >= 0.3 is 0 Å². The van der Waals surface area contributed by atoms with Crippen molar-refractivity contribution in [3.05, 3.63) is 122 Å². The molecule has 8 rings (SSSR count). The number of benzene rings is 4. The Morgan fingerprint density at radius 1 is 0.333 bits per heavy atom. The van der Waals surface area contributed by atoms with Gasteiger partial charge in [-0.25, -0.2) is 29.9 Å². The summed E-state index contributed by atoms with van der Waals surface area (Å²) >= 11 is 0. The van der Waals surface area contributed by atoms with E-state index in [0.29, 0.717) is 34.7 Å². The van der Waals surface area contributed by atoms with Crippen molar-refractivity contribution in [3.8, 4) is 45.8 Å². The van der Waals surface area contributed by atoms with Gasteiger partial charge in [-0.1, -0.05) is 60.7 Å². The van der Waals surface area contributed by atoms with Crippen molar-refractivity contribution in [1.29, 1.82) is 0 Å². The molecule has 0 atom stereocenters. The molecule has 0 bridgehead atoms. The molecule has 0 unspecified atom stereocenters. The predicted octanol–water partition coefficient (Wildman–Crippen LogP) is 6.97. The molecule has 0 fully saturated rings. The van der Waals surface area contributed by atoms with E-state index in [1.807, 2.05) is 36.4 Å². The Morgan fingerprint density at radius 2 is 0.762 bits per heavy atom. The van der Waals surface area contributed by atoms with Crippen molar-refractivity contribution in [2.45, 2.75) is 0 Å². The average molecular weight is 541 g/mol. The molecule has 0 saturated carbocycles. The second-order valence-electron chi connectivity index (χ2n) is 9.76. The SMILES string of the molecule is c1ccc(-c2ncnc(-c3ccc4c5ccc(-c6ncnc(-c7ccccn7)n6)cc5c5ccccc5c4c3)n2)nc1. The van der Waals surface area contributed by atoms with E-state index in [1.54, 1.807) is 12.4 Å². The minimum absolute atomic E-state index is 0.543. The van der Waals surface area contributed by atoms with E-state index in [9.17, 15) is 0 Å². The minimum atomic E-state index is 0.543. The van der Waals surface area contributed by atoms with Crippen molar-refractivity contribution in [2.75, 3.05) is 0 Å². The van der Waals surface area contributed by atoms with E-state index in [4.69, 9.17) is 9.97 Å². The molecular formula is C34H20N8. The lowest BCUT2D eigenvalue weighted by molar-refractivity contribution is 1.05. The third-order valence-corrected chi connectivity index (χ3v) is 7.28. The molecule has 8 nitrogen and oxygen atoms in total. The lowest BCUT2D eigenvalue weighted by atomic mass is 9.92. The zero-order valence-corrected chi connectivity index (χ0v) is 22.1. The first-order chi connectivity index (χ1) is 20.8. The third-order valence-electron chi connectivity index (χ3n) is 7.28. The summed E-state index contributed by atoms with van der Waals surface area (Å²) < 4.78 is 0. The highest BCUT2D eigenvalue weighted by Gasteiger charge is 2.14. The summed E-state index contributed by atoms with van der Waals surface area (Å²) in [4.78, 5) is 35.9. The van der Waals surface area contributed by atoms with Crippen LogP contribution in [-0.2, 0) is 0 Å². The van der Waals surface area contributed by atoms with Gasteiger partial charge in [0, 0.05) is 23.5 Å². The molecule has 0 saturated heterocycles. The van der Waals surface area contributed by atoms with Crippen LogP contribution in [0.4, 0.5) is 0 Å². The van der Waals surface area contributed by atoms with Gasteiger partial charge in [-0.15, -0.1) is 0 Å². The molecule has 0 N–H and O–H groups in total. The molecule has 4 heterocycles. The minimum Gasteiger partial charge on any atom is -0.253 e. The third kappa shape index (κ3) is 4.10. The first-order valence-corrected chi connectivity index (χ1v) is 13.4. The second-order valence-corrected chi connectivity index (χ2v) is 9.76. The van der Waals surface area contributed by atoms with Crippen LogP contribution in [0.1, 0.15) is 0 Å². The first kappa shape index (κ1) is 23.8. The number of hydrogen-bond acceptors (Lipinski definition) is 8. The Hall–Kier alpha value is -6.02. The fraction of sp³-hybridized carbons (Fsp3) is 0. The Balaban J connectivity index is 1.28. The van der Waals surface area contributed by atoms with Crippen LogP contribution in [0.25, 0.3) is 78.1 Å². The smallest absolute Gasteiger partial charge is 0.181 e. The highest BCUT2D eigenvalue weighted by Crippen LogP contribution is 2.38. The van der Waals surface area contributed by atoms with Gasteiger partial charge in [0.25, 0.3) is 0 Å². The summed E-state index contributed by atoms with van der Waals surface area (Å²) in [5.41, 5.74) is 3.24. The summed E-state index contributed by atoms with van der Waals surface area (Å²) in [5, 5.41) is 6.82. The monoisotopic (exact) mass is 540 g/mol. The lowest BCUT2D eigenvalue weighted by Crippen LogP contribution is -1.97. The molecule has 42 heavy (non-hydrogen) atoms. The van der Waals surface area contributed by atoms with E-state index in [1.165, 1.54) is 12.7 Å². The fourth-order valence-electron chi connectivity index (χ4n) is 5.34. The molecular weight excluding hydrogens is 520 g/mol. The largest absolute Gasteiger partial charge is 0.253 e. The van der Waals surface area contributed by atoms with E-state index in [2.05, 4.69) is 90.6 Å². The Kier molecular flexibility index (Phi) is 5.60. The van der Waals surface area contributed by atoms with Gasteiger partial charge in [-0.3, -0.25) is 9.97 Å². The van der Waals surface area contributed by atoms with Crippen molar-refractivity contribution < 1.29 is 0 Å². The van der Waals surface area contributed by atoms with Gasteiger partial charge in [0.2, 0.25) is 0 Å². The standard InChI is InChI=1S/C34H20N8/c1-2-8-24-23(7-1)27-17-21(31-37-19-39-33(41-31)29-9-3-5-15-35-29)11-13-25(27)26-14-12-22(18-28(24)26)32-38-20-40-34(42-32)30-10-4-6-16-36-30/h1-20H. The summed E-state index contributed by atoms with van der Waals surface area (Å²) in [6.45, 7) is 0. The van der Waals surface area contributed by atoms with Gasteiger partial charge in [-0.05, 0) is 68.7 Å². The molecule has 0 aliphatic carbocycles. The van der Waals surface area contributed by atoms with Crippen molar-refractivity contribution >= 4 is 32.3 Å². The van der Waals surface area contributed by atoms with Crippen LogP contribution in [0.3, 0.4) is 0 Å². The molecule has 4 aromatic heterocycles. The van der Waals surface area contributed by atoms with Crippen LogP contribution >= 0.6 is 0 Å². The zero-order chi connectivity index (χ0) is 27.9. The van der Waals surface area contributed by atoms with Crippen molar-refractivity contribution in [2.24, 2.45) is 0 Å². The number of aromatic nitrogens is 8. The van der Waals surface area contributed by atoms with Crippen LogP contribution in [0.5, 0.6) is 0 Å². The maximum absolute atomic E-state index is 4.73. The summed E-state index contributed by atoms with van der Waals surface area (Å²) in [6, 6.07) is 32.6. The molecule has 0 aliphatic rings. The van der Waals surface area contributed by atoms with E-state index in [0.717, 1.165) is 43.4 Å². The highest BCUT2D eigenvalue weighted by molar-refractivity contribution is 6.26. The topological polar surface area (TPSA) is 103 Å². The Labute approximate surface area is 239 Å². The fourth-order valence-corrected chi connectivity index (χ4v) is 5.34. The van der Waals surface area contributed by atoms with Crippen molar-refractivity contribution in [1.82, 2.24) is 39.9 Å². The van der Waals surface area contributed by atoms with Crippen LogP contribution in [-0.4, -0.2) is 39.9 Å². The Bertz CT molecular complexity index is 2070. The summed E-state index contributed by atoms with van der Waals surface area (Å²) in [7, 11) is 0. The molecule has 0 radical (unpaired) electrons. The summed E-state index contributed by atoms with van der Waals surface area (Å²) in [5.74, 6) is 2.29. The number of pyridine rings is 2. The first-order valence-electron chi connectivity index (χ1n) is 13.4. The van der Waals surface area contributed by atoms with Crippen LogP contribution in [0.15, 0.2) is 122 Å². The van der Waals surface area contributed by atoms with Crippen LogP contribution in [0, 0.1) is 0 Å². The number of fused-ring (bicyclic) bond motifs is 6.